The first kappa shape index (κ1) is 14.3. The summed E-state index contributed by atoms with van der Waals surface area (Å²) in [6.07, 6.45) is 2.98. The van der Waals surface area contributed by atoms with Gasteiger partial charge in [-0.2, -0.15) is 0 Å². The van der Waals surface area contributed by atoms with Crippen molar-refractivity contribution in [1.29, 1.82) is 0 Å². The molecule has 0 saturated carbocycles. The Kier molecular flexibility index (Phi) is 4.46. The summed E-state index contributed by atoms with van der Waals surface area (Å²) in [7, 11) is 0. The number of piperidine rings is 1. The third-order valence-electron chi connectivity index (χ3n) is 4.29. The SMILES string of the molecule is CCC1CCN(c2cc(C)c(F)cc2[C@@H](C)O)CC1. The molecule has 19 heavy (non-hydrogen) atoms. The third-order valence-corrected chi connectivity index (χ3v) is 4.29. The van der Waals surface area contributed by atoms with E-state index in [-0.39, 0.29) is 5.82 Å². The topological polar surface area (TPSA) is 23.5 Å². The maximum Gasteiger partial charge on any atom is 0.126 e. The van der Waals surface area contributed by atoms with Crippen molar-refractivity contribution in [1.82, 2.24) is 0 Å². The van der Waals surface area contributed by atoms with E-state index in [1.54, 1.807) is 13.8 Å². The van der Waals surface area contributed by atoms with E-state index in [4.69, 9.17) is 0 Å². The van der Waals surface area contributed by atoms with Gasteiger partial charge in [0.05, 0.1) is 6.10 Å². The molecule has 1 fully saturated rings. The highest BCUT2D eigenvalue weighted by molar-refractivity contribution is 5.57. The predicted octanol–water partition coefficient (Wildman–Crippen LogP) is 3.81. The first-order chi connectivity index (χ1) is 9.02. The Morgan fingerprint density at radius 3 is 2.53 bits per heavy atom. The zero-order valence-electron chi connectivity index (χ0n) is 12.1. The molecule has 0 radical (unpaired) electrons. The Balaban J connectivity index is 2.26. The smallest absolute Gasteiger partial charge is 0.126 e. The molecule has 0 bridgehead atoms. The van der Waals surface area contributed by atoms with Gasteiger partial charge in [0.2, 0.25) is 0 Å². The maximum atomic E-state index is 13.7. The lowest BCUT2D eigenvalue weighted by Crippen LogP contribution is -2.34. The van der Waals surface area contributed by atoms with Crippen LogP contribution < -0.4 is 4.90 Å². The fraction of sp³-hybridized carbons (Fsp3) is 0.625. The van der Waals surface area contributed by atoms with Crippen LogP contribution in [0.3, 0.4) is 0 Å². The normalized spacial score (nSPS) is 18.7. The predicted molar refractivity (Wildman–Crippen MR) is 77.0 cm³/mol. The van der Waals surface area contributed by atoms with Crippen molar-refractivity contribution < 1.29 is 9.50 Å². The number of aliphatic hydroxyl groups excluding tert-OH is 1. The molecule has 0 amide bonds. The van der Waals surface area contributed by atoms with Crippen LogP contribution in [0.25, 0.3) is 0 Å². The van der Waals surface area contributed by atoms with Gasteiger partial charge in [-0.05, 0) is 50.3 Å². The minimum absolute atomic E-state index is 0.233. The summed E-state index contributed by atoms with van der Waals surface area (Å²) in [6, 6.07) is 3.37. The molecule has 1 saturated heterocycles. The molecule has 1 aromatic rings. The Morgan fingerprint density at radius 1 is 1.37 bits per heavy atom. The van der Waals surface area contributed by atoms with Crippen molar-refractivity contribution in [3.63, 3.8) is 0 Å². The van der Waals surface area contributed by atoms with Gasteiger partial charge in [-0.15, -0.1) is 0 Å². The summed E-state index contributed by atoms with van der Waals surface area (Å²) in [5.74, 6) is 0.580. The lowest BCUT2D eigenvalue weighted by molar-refractivity contribution is 0.199. The van der Waals surface area contributed by atoms with E-state index in [0.29, 0.717) is 11.1 Å². The first-order valence-electron chi connectivity index (χ1n) is 7.26. The Bertz CT molecular complexity index is 437. The summed E-state index contributed by atoms with van der Waals surface area (Å²) in [5.41, 5.74) is 2.36. The molecule has 0 aromatic heterocycles. The number of hydrogen-bond acceptors (Lipinski definition) is 2. The van der Waals surface area contributed by atoms with Crippen LogP contribution >= 0.6 is 0 Å². The van der Waals surface area contributed by atoms with Crippen molar-refractivity contribution in [3.05, 3.63) is 29.1 Å². The van der Waals surface area contributed by atoms with Gasteiger partial charge >= 0.3 is 0 Å². The van der Waals surface area contributed by atoms with Gasteiger partial charge in [0, 0.05) is 24.3 Å². The van der Waals surface area contributed by atoms with Gasteiger partial charge < -0.3 is 10.0 Å². The van der Waals surface area contributed by atoms with Crippen LogP contribution in [0.2, 0.25) is 0 Å². The highest BCUT2D eigenvalue weighted by atomic mass is 19.1. The summed E-state index contributed by atoms with van der Waals surface area (Å²) in [4.78, 5) is 2.29. The van der Waals surface area contributed by atoms with Crippen LogP contribution in [0.4, 0.5) is 10.1 Å². The highest BCUT2D eigenvalue weighted by Gasteiger charge is 2.22. The first-order valence-corrected chi connectivity index (χ1v) is 7.26. The van der Waals surface area contributed by atoms with Crippen LogP contribution in [0.15, 0.2) is 12.1 Å². The van der Waals surface area contributed by atoms with E-state index in [9.17, 15) is 9.50 Å². The van der Waals surface area contributed by atoms with Crippen molar-refractivity contribution in [2.75, 3.05) is 18.0 Å². The van der Waals surface area contributed by atoms with Gasteiger partial charge in [0.1, 0.15) is 5.82 Å². The standard InChI is InChI=1S/C16H24FNO/c1-4-13-5-7-18(8-6-13)16-9-11(2)15(17)10-14(16)12(3)19/h9-10,12-13,19H,4-8H2,1-3H3/t12-/m1/s1. The van der Waals surface area contributed by atoms with E-state index in [1.165, 1.54) is 25.3 Å². The Morgan fingerprint density at radius 2 is 2.00 bits per heavy atom. The number of anilines is 1. The van der Waals surface area contributed by atoms with Crippen molar-refractivity contribution in [3.8, 4) is 0 Å². The number of halogens is 1. The minimum Gasteiger partial charge on any atom is -0.389 e. The fourth-order valence-electron chi connectivity index (χ4n) is 2.87. The lowest BCUT2D eigenvalue weighted by atomic mass is 9.93. The summed E-state index contributed by atoms with van der Waals surface area (Å²) in [5, 5.41) is 9.86. The van der Waals surface area contributed by atoms with Gasteiger partial charge in [-0.25, -0.2) is 4.39 Å². The number of aliphatic hydroxyl groups is 1. The molecule has 1 aliphatic heterocycles. The highest BCUT2D eigenvalue weighted by Crippen LogP contribution is 2.32. The number of aryl methyl sites for hydroxylation is 1. The largest absolute Gasteiger partial charge is 0.389 e. The van der Waals surface area contributed by atoms with E-state index >= 15 is 0 Å². The molecule has 3 heteroatoms. The third kappa shape index (κ3) is 3.08. The summed E-state index contributed by atoms with van der Waals surface area (Å²) in [6.45, 7) is 7.73. The molecule has 2 rings (SSSR count). The molecule has 0 aliphatic carbocycles. The van der Waals surface area contributed by atoms with Gasteiger partial charge in [-0.3, -0.25) is 0 Å². The average molecular weight is 265 g/mol. The number of hydrogen-bond donors (Lipinski definition) is 1. The fourth-order valence-corrected chi connectivity index (χ4v) is 2.87. The lowest BCUT2D eigenvalue weighted by Gasteiger charge is -2.35. The number of rotatable bonds is 3. The van der Waals surface area contributed by atoms with E-state index in [2.05, 4.69) is 11.8 Å². The van der Waals surface area contributed by atoms with Crippen molar-refractivity contribution >= 4 is 5.69 Å². The molecule has 1 aromatic carbocycles. The van der Waals surface area contributed by atoms with Gasteiger partial charge in [0.15, 0.2) is 0 Å². The second kappa shape index (κ2) is 5.91. The molecule has 0 spiro atoms. The number of nitrogens with zero attached hydrogens (tertiary/aromatic N) is 1. The van der Waals surface area contributed by atoms with Crippen LogP contribution in [0.1, 0.15) is 50.3 Å². The second-order valence-corrected chi connectivity index (χ2v) is 5.67. The summed E-state index contributed by atoms with van der Waals surface area (Å²) >= 11 is 0. The Labute approximate surface area is 115 Å². The van der Waals surface area contributed by atoms with Crippen LogP contribution in [0, 0.1) is 18.7 Å². The van der Waals surface area contributed by atoms with Crippen LogP contribution in [-0.4, -0.2) is 18.2 Å². The maximum absolute atomic E-state index is 13.7. The minimum atomic E-state index is -0.631. The molecular formula is C16H24FNO. The quantitative estimate of drug-likeness (QED) is 0.898. The molecule has 1 aliphatic rings. The van der Waals surface area contributed by atoms with Crippen molar-refractivity contribution in [2.24, 2.45) is 5.92 Å². The average Bonchev–Trinajstić information content (AvgIpc) is 2.41. The number of benzene rings is 1. The molecule has 1 heterocycles. The zero-order valence-corrected chi connectivity index (χ0v) is 12.1. The summed E-state index contributed by atoms with van der Waals surface area (Å²) < 4.78 is 13.7. The van der Waals surface area contributed by atoms with Crippen LogP contribution in [0.5, 0.6) is 0 Å². The molecular weight excluding hydrogens is 241 g/mol. The van der Waals surface area contributed by atoms with E-state index < -0.39 is 6.10 Å². The molecule has 0 unspecified atom stereocenters. The van der Waals surface area contributed by atoms with E-state index in [0.717, 1.165) is 24.7 Å². The van der Waals surface area contributed by atoms with E-state index in [1.807, 2.05) is 6.07 Å². The molecule has 2 nitrogen and oxygen atoms in total. The Hall–Kier alpha value is -1.09. The monoisotopic (exact) mass is 265 g/mol. The van der Waals surface area contributed by atoms with Crippen molar-refractivity contribution in [2.45, 2.75) is 46.1 Å². The zero-order chi connectivity index (χ0) is 14.0. The van der Waals surface area contributed by atoms with Gasteiger partial charge in [-0.1, -0.05) is 13.3 Å². The molecule has 1 atom stereocenters. The molecule has 106 valence electrons. The molecule has 1 N–H and O–H groups in total. The second-order valence-electron chi connectivity index (χ2n) is 5.67. The van der Waals surface area contributed by atoms with Crippen LogP contribution in [-0.2, 0) is 0 Å². The van der Waals surface area contributed by atoms with Gasteiger partial charge in [0.25, 0.3) is 0 Å².